The van der Waals surface area contributed by atoms with Crippen molar-refractivity contribution >= 4 is 11.6 Å². The van der Waals surface area contributed by atoms with Crippen LogP contribution in [0.25, 0.3) is 5.69 Å². The molecule has 22 heavy (non-hydrogen) atoms. The molecule has 0 spiro atoms. The molecule has 0 aliphatic carbocycles. The molecule has 0 bridgehead atoms. The van der Waals surface area contributed by atoms with Crippen LogP contribution < -0.4 is 0 Å². The molecule has 0 radical (unpaired) electrons. The van der Waals surface area contributed by atoms with Crippen LogP contribution in [0.3, 0.4) is 0 Å². The van der Waals surface area contributed by atoms with E-state index < -0.39 is 0 Å². The summed E-state index contributed by atoms with van der Waals surface area (Å²) in [4.78, 5) is 11.0. The predicted molar refractivity (Wildman–Crippen MR) is 90.5 cm³/mol. The second-order valence-corrected chi connectivity index (χ2v) is 5.39. The van der Waals surface area contributed by atoms with E-state index in [0.717, 1.165) is 35.1 Å². The van der Waals surface area contributed by atoms with E-state index in [-0.39, 0.29) is 0 Å². The second-order valence-electron chi connectivity index (χ2n) is 4.98. The Balaban J connectivity index is 0.000000299. The topological polar surface area (TPSA) is 46.5 Å². The number of nitrogens with zero attached hydrogens (tertiary/aromatic N) is 3. The van der Waals surface area contributed by atoms with Crippen molar-refractivity contribution in [3.63, 3.8) is 0 Å². The Morgan fingerprint density at radius 3 is 2.68 bits per heavy atom. The molecule has 0 saturated heterocycles. The van der Waals surface area contributed by atoms with Crippen molar-refractivity contribution in [3.05, 3.63) is 65.7 Å². The monoisotopic (exact) mass is 316 g/mol. The Morgan fingerprint density at radius 1 is 1.27 bits per heavy atom. The van der Waals surface area contributed by atoms with E-state index in [9.17, 15) is 0 Å². The first-order chi connectivity index (χ1) is 10.7. The molecule has 0 atom stereocenters. The quantitative estimate of drug-likeness (QED) is 0.765. The van der Waals surface area contributed by atoms with Gasteiger partial charge in [0.25, 0.3) is 0 Å². The number of aryl methyl sites for hydroxylation is 2. The summed E-state index contributed by atoms with van der Waals surface area (Å²) in [6.45, 7) is 4.21. The molecule has 0 aliphatic heterocycles. The summed E-state index contributed by atoms with van der Waals surface area (Å²) >= 11 is 6.23. The van der Waals surface area contributed by atoms with Crippen molar-refractivity contribution < 1.29 is 0 Å². The maximum absolute atomic E-state index is 6.23. The predicted octanol–water partition coefficient (Wildman–Crippen LogP) is 4.59. The number of hydrogen-bond acceptors (Lipinski definition) is 2. The Labute approximate surface area is 136 Å². The van der Waals surface area contributed by atoms with Gasteiger partial charge in [-0.2, -0.15) is 0 Å². The number of hydrogen-bond donors (Lipinski definition) is 1. The van der Waals surface area contributed by atoms with Gasteiger partial charge in [0.05, 0.1) is 22.7 Å². The molecule has 0 unspecified atom stereocenters. The molecular formula is C17H21ClN4. The van der Waals surface area contributed by atoms with Crippen molar-refractivity contribution in [2.24, 2.45) is 0 Å². The molecule has 0 amide bonds. The van der Waals surface area contributed by atoms with E-state index in [1.165, 1.54) is 6.42 Å². The summed E-state index contributed by atoms with van der Waals surface area (Å²) in [5.41, 5.74) is 2.05. The number of benzene rings is 1. The fraction of sp³-hybridized carbons (Fsp3) is 0.294. The van der Waals surface area contributed by atoms with Gasteiger partial charge in [0.15, 0.2) is 0 Å². The van der Waals surface area contributed by atoms with E-state index in [2.05, 4.69) is 26.4 Å². The lowest BCUT2D eigenvalue weighted by atomic mass is 10.2. The zero-order valence-electron chi connectivity index (χ0n) is 13.0. The van der Waals surface area contributed by atoms with Crippen LogP contribution in [0.1, 0.15) is 31.3 Å². The average molecular weight is 317 g/mol. The van der Waals surface area contributed by atoms with Crippen LogP contribution in [-0.2, 0) is 6.42 Å². The number of unbranched alkanes of at least 4 members (excludes halogenated alkanes) is 1. The molecule has 0 aliphatic rings. The summed E-state index contributed by atoms with van der Waals surface area (Å²) in [6, 6.07) is 7.89. The summed E-state index contributed by atoms with van der Waals surface area (Å²) in [6.07, 6.45) is 10.5. The highest BCUT2D eigenvalue weighted by Gasteiger charge is 2.09. The number of aromatic amines is 1. The van der Waals surface area contributed by atoms with Crippen molar-refractivity contribution in [1.82, 2.24) is 19.5 Å². The van der Waals surface area contributed by atoms with Crippen LogP contribution in [0.5, 0.6) is 0 Å². The fourth-order valence-corrected chi connectivity index (χ4v) is 2.36. The molecule has 4 nitrogen and oxygen atoms in total. The highest BCUT2D eigenvalue weighted by Crippen LogP contribution is 2.22. The highest BCUT2D eigenvalue weighted by molar-refractivity contribution is 6.32. The first-order valence-corrected chi connectivity index (χ1v) is 7.82. The van der Waals surface area contributed by atoms with Crippen LogP contribution in [0, 0.1) is 6.92 Å². The van der Waals surface area contributed by atoms with Gasteiger partial charge in [0.1, 0.15) is 5.82 Å². The van der Waals surface area contributed by atoms with E-state index in [4.69, 9.17) is 11.6 Å². The third kappa shape index (κ3) is 4.46. The molecular weight excluding hydrogens is 296 g/mol. The number of rotatable bonds is 4. The minimum atomic E-state index is 0.766. The van der Waals surface area contributed by atoms with Gasteiger partial charge in [0.2, 0.25) is 0 Å². The minimum absolute atomic E-state index is 0.766. The second kappa shape index (κ2) is 8.39. The largest absolute Gasteiger partial charge is 0.351 e. The summed E-state index contributed by atoms with van der Waals surface area (Å²) in [5.74, 6) is 1.09. The molecule has 1 aromatic carbocycles. The summed E-state index contributed by atoms with van der Waals surface area (Å²) in [5, 5.41) is 0.766. The Kier molecular flexibility index (Phi) is 6.22. The summed E-state index contributed by atoms with van der Waals surface area (Å²) < 4.78 is 2.10. The number of para-hydroxylation sites is 1. The first kappa shape index (κ1) is 16.3. The molecule has 0 saturated carbocycles. The van der Waals surface area contributed by atoms with Crippen molar-refractivity contribution in [2.45, 2.75) is 33.1 Å². The normalized spacial score (nSPS) is 10.1. The average Bonchev–Trinajstić information content (AvgIpc) is 3.19. The maximum Gasteiger partial charge on any atom is 0.113 e. The van der Waals surface area contributed by atoms with Crippen molar-refractivity contribution in [3.8, 4) is 5.69 Å². The SMILES string of the molecule is CCCCc1nc(C)cn1-c1ccccc1Cl.c1c[nH]cn1. The van der Waals surface area contributed by atoms with Crippen molar-refractivity contribution in [2.75, 3.05) is 0 Å². The number of nitrogens with one attached hydrogen (secondary N) is 1. The van der Waals surface area contributed by atoms with Gasteiger partial charge in [-0.3, -0.25) is 0 Å². The molecule has 3 rings (SSSR count). The zero-order valence-corrected chi connectivity index (χ0v) is 13.7. The van der Waals surface area contributed by atoms with Crippen LogP contribution in [0.2, 0.25) is 5.02 Å². The van der Waals surface area contributed by atoms with E-state index in [1.807, 2.05) is 37.4 Å². The Hall–Kier alpha value is -2.07. The third-order valence-corrected chi connectivity index (χ3v) is 3.49. The van der Waals surface area contributed by atoms with Gasteiger partial charge in [0, 0.05) is 25.0 Å². The zero-order chi connectivity index (χ0) is 15.8. The van der Waals surface area contributed by atoms with Gasteiger partial charge in [-0.1, -0.05) is 37.1 Å². The molecule has 116 valence electrons. The molecule has 0 fully saturated rings. The molecule has 2 aromatic heterocycles. The van der Waals surface area contributed by atoms with Gasteiger partial charge in [-0.05, 0) is 25.5 Å². The number of halogens is 1. The molecule has 1 N–H and O–H groups in total. The Bertz CT molecular complexity index is 657. The third-order valence-electron chi connectivity index (χ3n) is 3.17. The van der Waals surface area contributed by atoms with E-state index in [0.29, 0.717) is 0 Å². The number of aromatic nitrogens is 4. The lowest BCUT2D eigenvalue weighted by Crippen LogP contribution is -2.01. The van der Waals surface area contributed by atoms with Crippen LogP contribution in [-0.4, -0.2) is 19.5 Å². The highest BCUT2D eigenvalue weighted by atomic mass is 35.5. The fourth-order valence-electron chi connectivity index (χ4n) is 2.13. The standard InChI is InChI=1S/C14H17ClN2.C3H4N2/c1-3-4-9-14-16-11(2)10-17(14)13-8-6-5-7-12(13)15;1-2-5-3-4-1/h5-8,10H,3-4,9H2,1-2H3;1-3H,(H,4,5). The minimum Gasteiger partial charge on any atom is -0.351 e. The van der Waals surface area contributed by atoms with Crippen LogP contribution >= 0.6 is 11.6 Å². The van der Waals surface area contributed by atoms with Gasteiger partial charge in [-0.25, -0.2) is 9.97 Å². The van der Waals surface area contributed by atoms with Gasteiger partial charge in [-0.15, -0.1) is 0 Å². The van der Waals surface area contributed by atoms with Crippen molar-refractivity contribution in [1.29, 1.82) is 0 Å². The molecule has 3 aromatic rings. The summed E-state index contributed by atoms with van der Waals surface area (Å²) in [7, 11) is 0. The smallest absolute Gasteiger partial charge is 0.113 e. The molecule has 5 heteroatoms. The van der Waals surface area contributed by atoms with E-state index >= 15 is 0 Å². The van der Waals surface area contributed by atoms with Gasteiger partial charge < -0.3 is 9.55 Å². The lowest BCUT2D eigenvalue weighted by molar-refractivity contribution is 0.738. The van der Waals surface area contributed by atoms with Crippen LogP contribution in [0.4, 0.5) is 0 Å². The number of H-pyrrole nitrogens is 1. The number of imidazole rings is 2. The Morgan fingerprint density at radius 2 is 2.09 bits per heavy atom. The lowest BCUT2D eigenvalue weighted by Gasteiger charge is -2.08. The maximum atomic E-state index is 6.23. The molecule has 2 heterocycles. The van der Waals surface area contributed by atoms with E-state index in [1.54, 1.807) is 18.7 Å². The first-order valence-electron chi connectivity index (χ1n) is 7.45. The van der Waals surface area contributed by atoms with Crippen LogP contribution in [0.15, 0.2) is 49.2 Å². The van der Waals surface area contributed by atoms with Gasteiger partial charge >= 0.3 is 0 Å².